The van der Waals surface area contributed by atoms with Crippen molar-refractivity contribution in [2.45, 2.75) is 71.8 Å². The van der Waals surface area contributed by atoms with E-state index in [2.05, 4.69) is 26.8 Å². The van der Waals surface area contributed by atoms with Gasteiger partial charge < -0.3 is 10.2 Å². The first-order valence-corrected chi connectivity index (χ1v) is 10.2. The highest BCUT2D eigenvalue weighted by Gasteiger charge is 2.59. The van der Waals surface area contributed by atoms with Crippen molar-refractivity contribution in [3.63, 3.8) is 0 Å². The first-order chi connectivity index (χ1) is 11.8. The van der Waals surface area contributed by atoms with Crippen LogP contribution in [-0.4, -0.2) is 22.9 Å². The Morgan fingerprint density at radius 2 is 1.84 bits per heavy atom. The zero-order valence-electron chi connectivity index (χ0n) is 15.9. The molecular formula is C22H33FO2. The predicted octanol–water partition coefficient (Wildman–Crippen LogP) is 4.77. The standard InChI is InChI=1S/C22H33FO2/c1-13-10-14-11-15(25)6-8-21(14,2)18-7-9-22(3)16(19(23)12-24)4-5-17(22)20(13)18/h10,13,15,17-18,20,24-25H,4-9,11-12H2,1-3H3/b19-16+. The van der Waals surface area contributed by atoms with Crippen molar-refractivity contribution in [3.05, 3.63) is 23.0 Å². The molecule has 0 amide bonds. The lowest BCUT2D eigenvalue weighted by Crippen LogP contribution is -2.52. The maximum absolute atomic E-state index is 14.4. The van der Waals surface area contributed by atoms with E-state index in [0.29, 0.717) is 23.7 Å². The zero-order chi connectivity index (χ0) is 18.0. The molecule has 3 fully saturated rings. The Morgan fingerprint density at radius 3 is 2.56 bits per heavy atom. The van der Waals surface area contributed by atoms with Crippen LogP contribution in [0, 0.1) is 34.5 Å². The maximum Gasteiger partial charge on any atom is 0.125 e. The van der Waals surface area contributed by atoms with Crippen LogP contribution in [0.3, 0.4) is 0 Å². The van der Waals surface area contributed by atoms with Crippen LogP contribution >= 0.6 is 0 Å². The molecule has 3 heteroatoms. The normalized spacial score (nSPS) is 51.3. The average molecular weight is 349 g/mol. The van der Waals surface area contributed by atoms with Crippen molar-refractivity contribution in [2.75, 3.05) is 6.61 Å². The van der Waals surface area contributed by atoms with Crippen molar-refractivity contribution in [2.24, 2.45) is 34.5 Å². The fourth-order valence-electron chi connectivity index (χ4n) is 7.35. The van der Waals surface area contributed by atoms with Gasteiger partial charge in [0.05, 0.1) is 12.7 Å². The van der Waals surface area contributed by atoms with Gasteiger partial charge in [0, 0.05) is 0 Å². The van der Waals surface area contributed by atoms with E-state index in [0.717, 1.165) is 50.5 Å². The molecule has 0 aliphatic heterocycles. The number of halogens is 1. The van der Waals surface area contributed by atoms with Gasteiger partial charge >= 0.3 is 0 Å². The lowest BCUT2D eigenvalue weighted by molar-refractivity contribution is -0.0460. The molecule has 0 aromatic carbocycles. The summed E-state index contributed by atoms with van der Waals surface area (Å²) in [7, 11) is 0. The van der Waals surface area contributed by atoms with Crippen molar-refractivity contribution in [3.8, 4) is 0 Å². The SMILES string of the molecule is CC1C=C2CC(O)CCC2(C)C2CCC3(C)/C(=C(/F)CO)CCC3C12. The third-order valence-corrected chi connectivity index (χ3v) is 8.66. The summed E-state index contributed by atoms with van der Waals surface area (Å²) in [6, 6.07) is 0. The van der Waals surface area contributed by atoms with Crippen LogP contribution in [0.4, 0.5) is 4.39 Å². The van der Waals surface area contributed by atoms with Crippen molar-refractivity contribution < 1.29 is 14.6 Å². The smallest absolute Gasteiger partial charge is 0.125 e. The number of aliphatic hydroxyl groups is 2. The third kappa shape index (κ3) is 2.41. The van der Waals surface area contributed by atoms with Gasteiger partial charge in [0.1, 0.15) is 5.83 Å². The van der Waals surface area contributed by atoms with Crippen LogP contribution < -0.4 is 0 Å². The molecule has 0 heterocycles. The highest BCUT2D eigenvalue weighted by molar-refractivity contribution is 5.31. The molecule has 4 aliphatic carbocycles. The molecule has 140 valence electrons. The Bertz CT molecular complexity index is 624. The van der Waals surface area contributed by atoms with Gasteiger partial charge in [0.25, 0.3) is 0 Å². The van der Waals surface area contributed by atoms with E-state index < -0.39 is 6.61 Å². The summed E-state index contributed by atoms with van der Waals surface area (Å²) in [5.41, 5.74) is 2.54. The van der Waals surface area contributed by atoms with Crippen LogP contribution in [0.25, 0.3) is 0 Å². The van der Waals surface area contributed by atoms with Crippen molar-refractivity contribution in [1.82, 2.24) is 0 Å². The summed E-state index contributed by atoms with van der Waals surface area (Å²) in [6.07, 6.45) is 9.20. The number of fused-ring (bicyclic) bond motifs is 5. The van der Waals surface area contributed by atoms with Gasteiger partial charge in [-0.1, -0.05) is 32.4 Å². The summed E-state index contributed by atoms with van der Waals surface area (Å²) in [5.74, 6) is 2.01. The van der Waals surface area contributed by atoms with E-state index in [1.807, 2.05) is 0 Å². The number of hydrogen-bond donors (Lipinski definition) is 2. The Balaban J connectivity index is 1.73. The van der Waals surface area contributed by atoms with Gasteiger partial charge in [0.2, 0.25) is 0 Å². The van der Waals surface area contributed by atoms with Gasteiger partial charge in [-0.3, -0.25) is 0 Å². The Hall–Kier alpha value is -0.670. The Kier molecular flexibility index (Phi) is 4.20. The maximum atomic E-state index is 14.4. The van der Waals surface area contributed by atoms with Crippen LogP contribution in [0.1, 0.15) is 65.7 Å². The quantitative estimate of drug-likeness (QED) is 0.670. The molecule has 7 unspecified atom stereocenters. The molecule has 0 aromatic rings. The van der Waals surface area contributed by atoms with E-state index in [4.69, 9.17) is 0 Å². The molecule has 2 nitrogen and oxygen atoms in total. The van der Waals surface area contributed by atoms with Gasteiger partial charge in [-0.15, -0.1) is 0 Å². The molecule has 2 N–H and O–H groups in total. The number of hydrogen-bond acceptors (Lipinski definition) is 2. The summed E-state index contributed by atoms with van der Waals surface area (Å²) >= 11 is 0. The largest absolute Gasteiger partial charge is 0.393 e. The molecule has 0 bridgehead atoms. The molecule has 4 rings (SSSR count). The molecule has 0 saturated heterocycles. The van der Waals surface area contributed by atoms with E-state index in [1.54, 1.807) is 0 Å². The van der Waals surface area contributed by atoms with Crippen LogP contribution in [0.2, 0.25) is 0 Å². The second kappa shape index (κ2) is 5.92. The minimum absolute atomic E-state index is 0.0713. The van der Waals surface area contributed by atoms with E-state index in [-0.39, 0.29) is 22.8 Å². The van der Waals surface area contributed by atoms with Crippen molar-refractivity contribution >= 4 is 0 Å². The minimum atomic E-state index is -0.444. The van der Waals surface area contributed by atoms with Gasteiger partial charge in [-0.2, -0.15) is 0 Å². The summed E-state index contributed by atoms with van der Waals surface area (Å²) in [4.78, 5) is 0. The van der Waals surface area contributed by atoms with Crippen LogP contribution in [0.5, 0.6) is 0 Å². The van der Waals surface area contributed by atoms with Gasteiger partial charge in [-0.05, 0) is 85.0 Å². The topological polar surface area (TPSA) is 40.5 Å². The van der Waals surface area contributed by atoms with Gasteiger partial charge in [-0.25, -0.2) is 4.39 Å². The first-order valence-electron chi connectivity index (χ1n) is 10.2. The van der Waals surface area contributed by atoms with Crippen LogP contribution in [0.15, 0.2) is 23.0 Å². The molecule has 0 aromatic heterocycles. The third-order valence-electron chi connectivity index (χ3n) is 8.66. The van der Waals surface area contributed by atoms with Crippen LogP contribution in [-0.2, 0) is 0 Å². The summed E-state index contributed by atoms with van der Waals surface area (Å²) in [5, 5.41) is 19.5. The van der Waals surface area contributed by atoms with E-state index >= 15 is 0 Å². The average Bonchev–Trinajstić information content (AvgIpc) is 2.93. The first kappa shape index (κ1) is 17.7. The molecule has 3 saturated carbocycles. The Morgan fingerprint density at radius 1 is 1.16 bits per heavy atom. The molecule has 25 heavy (non-hydrogen) atoms. The van der Waals surface area contributed by atoms with Gasteiger partial charge in [0.15, 0.2) is 0 Å². The minimum Gasteiger partial charge on any atom is -0.393 e. The summed E-state index contributed by atoms with van der Waals surface area (Å²) in [6.45, 7) is 6.57. The molecule has 4 aliphatic rings. The second-order valence-corrected chi connectivity index (χ2v) is 9.69. The summed E-state index contributed by atoms with van der Waals surface area (Å²) < 4.78 is 14.4. The zero-order valence-corrected chi connectivity index (χ0v) is 15.9. The predicted molar refractivity (Wildman–Crippen MR) is 97.5 cm³/mol. The highest BCUT2D eigenvalue weighted by Crippen LogP contribution is 2.67. The van der Waals surface area contributed by atoms with E-state index in [9.17, 15) is 14.6 Å². The number of aliphatic hydroxyl groups excluding tert-OH is 2. The molecular weight excluding hydrogens is 315 g/mol. The molecule has 7 atom stereocenters. The van der Waals surface area contributed by atoms with Crippen molar-refractivity contribution in [1.29, 1.82) is 0 Å². The highest BCUT2D eigenvalue weighted by atomic mass is 19.1. The Labute approximate surface area is 151 Å². The fourth-order valence-corrected chi connectivity index (χ4v) is 7.35. The van der Waals surface area contributed by atoms with E-state index in [1.165, 1.54) is 5.57 Å². The fraction of sp³-hybridized carbons (Fsp3) is 0.818. The monoisotopic (exact) mass is 348 g/mol. The number of rotatable bonds is 1. The number of allylic oxidation sites excluding steroid dienone is 2. The lowest BCUT2D eigenvalue weighted by Gasteiger charge is -2.59. The lowest BCUT2D eigenvalue weighted by atomic mass is 9.46. The molecule has 0 spiro atoms. The second-order valence-electron chi connectivity index (χ2n) is 9.69. The molecule has 0 radical (unpaired) electrons.